The summed E-state index contributed by atoms with van der Waals surface area (Å²) in [5.74, 6) is 0.239. The molecular formula is C34H38Cl2N2O4. The molecule has 0 fully saturated rings. The lowest BCUT2D eigenvalue weighted by Gasteiger charge is -2.27. The number of ketones is 1. The van der Waals surface area contributed by atoms with Crippen LogP contribution in [0.2, 0.25) is 5.02 Å². The number of hydrogen-bond acceptors (Lipinski definition) is 6. The molecule has 0 unspecified atom stereocenters. The molecule has 0 aromatic heterocycles. The number of methoxy groups -OCH3 is 1. The maximum absolute atomic E-state index is 12.0. The number of aryl methyl sites for hydroxylation is 2. The number of carbonyl (C=O) groups excluding carboxylic acids is 1. The topological polar surface area (TPSA) is 73.2 Å². The Balaban J connectivity index is 0.000000228. The molecule has 4 aromatic rings. The number of anilines is 2. The Labute approximate surface area is 259 Å². The van der Waals surface area contributed by atoms with Crippen molar-refractivity contribution in [2.45, 2.75) is 25.7 Å². The molecule has 42 heavy (non-hydrogen) atoms. The van der Waals surface area contributed by atoms with Crippen molar-refractivity contribution >= 4 is 41.2 Å². The molecule has 8 heteroatoms. The van der Waals surface area contributed by atoms with Gasteiger partial charge in [0.25, 0.3) is 0 Å². The van der Waals surface area contributed by atoms with Gasteiger partial charge in [-0.25, -0.2) is 0 Å². The molecule has 0 spiro atoms. The Morgan fingerprint density at radius 3 is 2.26 bits per heavy atom. The standard InChI is InChI=1S/C19H23ClN2.C15H14O4.ClH/c1-21(2)12-5-13-22-18-7-4-3-6-15(18)8-9-16-10-11-17(20)14-19(16)22;1-19-12-5-2-10(3-6-12)8-14(17)13-7-4-11(16)9-15(13)18;/h3-4,6-7,10-11,14H,5,8-9,12-13H2,1-2H3;2-7,9,16,18H,8H2,1H3;1H. The van der Waals surface area contributed by atoms with Crippen LogP contribution in [0.5, 0.6) is 17.2 Å². The summed E-state index contributed by atoms with van der Waals surface area (Å²) >= 11 is 6.27. The zero-order valence-corrected chi connectivity index (χ0v) is 25.8. The van der Waals surface area contributed by atoms with Gasteiger partial charge in [0.1, 0.15) is 17.2 Å². The maximum Gasteiger partial charge on any atom is 0.170 e. The molecule has 0 saturated heterocycles. The van der Waals surface area contributed by atoms with Crippen molar-refractivity contribution in [1.82, 2.24) is 4.90 Å². The highest BCUT2D eigenvalue weighted by Gasteiger charge is 2.20. The fraction of sp³-hybridized carbons (Fsp3) is 0.265. The van der Waals surface area contributed by atoms with E-state index < -0.39 is 0 Å². The lowest BCUT2D eigenvalue weighted by Crippen LogP contribution is -2.24. The summed E-state index contributed by atoms with van der Waals surface area (Å²) in [6.07, 6.45) is 3.48. The molecule has 222 valence electrons. The van der Waals surface area contributed by atoms with E-state index in [2.05, 4.69) is 60.3 Å². The van der Waals surface area contributed by atoms with Gasteiger partial charge in [-0.15, -0.1) is 12.4 Å². The number of nitrogens with zero attached hydrogens (tertiary/aromatic N) is 2. The molecular weight excluding hydrogens is 571 g/mol. The molecule has 0 atom stereocenters. The number of para-hydroxylation sites is 1. The minimum absolute atomic E-state index is 0. The average molecular weight is 610 g/mol. The normalized spacial score (nSPS) is 11.8. The number of Topliss-reactive ketones (excluding diaryl/α,β-unsaturated/α-hetero) is 1. The van der Waals surface area contributed by atoms with Crippen LogP contribution in [0.3, 0.4) is 0 Å². The van der Waals surface area contributed by atoms with Crippen LogP contribution in [0.15, 0.2) is 84.9 Å². The highest BCUT2D eigenvalue weighted by atomic mass is 35.5. The number of carbonyl (C=O) groups is 1. The summed E-state index contributed by atoms with van der Waals surface area (Å²) in [4.78, 5) is 16.7. The zero-order valence-electron chi connectivity index (χ0n) is 24.2. The lowest BCUT2D eigenvalue weighted by molar-refractivity contribution is 0.0990. The molecule has 0 bridgehead atoms. The molecule has 4 aromatic carbocycles. The molecule has 1 aliphatic rings. The van der Waals surface area contributed by atoms with Gasteiger partial charge >= 0.3 is 0 Å². The second kappa shape index (κ2) is 15.5. The number of aromatic hydroxyl groups is 2. The first kappa shape index (κ1) is 32.8. The van der Waals surface area contributed by atoms with Crippen molar-refractivity contribution in [3.05, 3.63) is 112 Å². The predicted octanol–water partition coefficient (Wildman–Crippen LogP) is 7.48. The van der Waals surface area contributed by atoms with E-state index in [1.165, 1.54) is 34.6 Å². The average Bonchev–Trinajstić information content (AvgIpc) is 3.10. The van der Waals surface area contributed by atoms with Crippen molar-refractivity contribution < 1.29 is 19.7 Å². The summed E-state index contributed by atoms with van der Waals surface area (Å²) in [7, 11) is 5.83. The fourth-order valence-electron chi connectivity index (χ4n) is 4.95. The Morgan fingerprint density at radius 1 is 0.905 bits per heavy atom. The SMILES string of the molecule is CN(C)CCCN1c2ccccc2CCc2ccc(Cl)cc21.COc1ccc(CC(=O)c2ccc(O)cc2O)cc1.Cl. The Bertz CT molecular complexity index is 1480. The summed E-state index contributed by atoms with van der Waals surface area (Å²) in [6, 6.07) is 26.2. The minimum atomic E-state index is -0.210. The van der Waals surface area contributed by atoms with E-state index in [1.807, 2.05) is 6.07 Å². The number of phenolic OH excluding ortho intramolecular Hbond substituents is 2. The zero-order chi connectivity index (χ0) is 29.4. The van der Waals surface area contributed by atoms with Gasteiger partial charge < -0.3 is 24.7 Å². The molecule has 5 rings (SSSR count). The Kier molecular flexibility index (Phi) is 12.1. The highest BCUT2D eigenvalue weighted by molar-refractivity contribution is 6.30. The first-order chi connectivity index (χ1) is 19.7. The molecule has 1 heterocycles. The third kappa shape index (κ3) is 8.65. The highest BCUT2D eigenvalue weighted by Crippen LogP contribution is 2.37. The minimum Gasteiger partial charge on any atom is -0.508 e. The maximum atomic E-state index is 12.0. The lowest BCUT2D eigenvalue weighted by atomic mass is 10.0. The number of hydrogen-bond donors (Lipinski definition) is 2. The quantitative estimate of drug-likeness (QED) is 0.202. The van der Waals surface area contributed by atoms with Gasteiger partial charge in [0.15, 0.2) is 5.78 Å². The van der Waals surface area contributed by atoms with Crippen LogP contribution in [-0.2, 0) is 19.3 Å². The van der Waals surface area contributed by atoms with Crippen molar-refractivity contribution in [2.75, 3.05) is 39.2 Å². The van der Waals surface area contributed by atoms with Gasteiger partial charge in [-0.2, -0.15) is 0 Å². The number of halogens is 2. The van der Waals surface area contributed by atoms with Crippen LogP contribution in [0.25, 0.3) is 0 Å². The summed E-state index contributed by atoms with van der Waals surface area (Å²) < 4.78 is 5.04. The molecule has 2 N–H and O–H groups in total. The molecule has 0 saturated carbocycles. The van der Waals surface area contributed by atoms with Gasteiger partial charge in [0.05, 0.1) is 12.7 Å². The monoisotopic (exact) mass is 608 g/mol. The van der Waals surface area contributed by atoms with E-state index in [0.29, 0.717) is 0 Å². The van der Waals surface area contributed by atoms with Gasteiger partial charge in [-0.3, -0.25) is 4.79 Å². The number of phenols is 2. The fourth-order valence-corrected chi connectivity index (χ4v) is 5.12. The second-order valence-electron chi connectivity index (χ2n) is 10.4. The van der Waals surface area contributed by atoms with Gasteiger partial charge in [0.2, 0.25) is 0 Å². The third-order valence-corrected chi connectivity index (χ3v) is 7.31. The van der Waals surface area contributed by atoms with Gasteiger partial charge in [-0.05, 0) is 99.1 Å². The number of ether oxygens (including phenoxy) is 1. The number of benzene rings is 4. The van der Waals surface area contributed by atoms with Crippen LogP contribution in [0, 0.1) is 0 Å². The van der Waals surface area contributed by atoms with E-state index in [4.69, 9.17) is 16.3 Å². The van der Waals surface area contributed by atoms with Crippen LogP contribution < -0.4 is 9.64 Å². The molecule has 6 nitrogen and oxygen atoms in total. The number of fused-ring (bicyclic) bond motifs is 2. The molecule has 0 amide bonds. The van der Waals surface area contributed by atoms with Crippen molar-refractivity contribution in [3.8, 4) is 17.2 Å². The summed E-state index contributed by atoms with van der Waals surface area (Å²) in [5.41, 5.74) is 6.47. The van der Waals surface area contributed by atoms with Crippen LogP contribution in [-0.4, -0.2) is 55.2 Å². The Morgan fingerprint density at radius 2 is 1.60 bits per heavy atom. The first-order valence-corrected chi connectivity index (χ1v) is 14.1. The van der Waals surface area contributed by atoms with Crippen LogP contribution in [0.1, 0.15) is 33.5 Å². The molecule has 0 aliphatic carbocycles. The van der Waals surface area contributed by atoms with E-state index >= 15 is 0 Å². The van der Waals surface area contributed by atoms with E-state index in [0.717, 1.165) is 54.8 Å². The van der Waals surface area contributed by atoms with Crippen LogP contribution in [0.4, 0.5) is 11.4 Å². The van der Waals surface area contributed by atoms with Crippen molar-refractivity contribution in [1.29, 1.82) is 0 Å². The number of rotatable bonds is 8. The predicted molar refractivity (Wildman–Crippen MR) is 174 cm³/mol. The van der Waals surface area contributed by atoms with Crippen molar-refractivity contribution in [3.63, 3.8) is 0 Å². The summed E-state index contributed by atoms with van der Waals surface area (Å²) in [5, 5.41) is 19.6. The van der Waals surface area contributed by atoms with Crippen molar-refractivity contribution in [2.24, 2.45) is 0 Å². The second-order valence-corrected chi connectivity index (χ2v) is 10.8. The van der Waals surface area contributed by atoms with Gasteiger partial charge in [-0.1, -0.05) is 48.0 Å². The smallest absolute Gasteiger partial charge is 0.170 e. The Hall–Kier alpha value is -3.71. The third-order valence-electron chi connectivity index (χ3n) is 7.08. The summed E-state index contributed by atoms with van der Waals surface area (Å²) in [6.45, 7) is 2.11. The van der Waals surface area contributed by atoms with E-state index in [9.17, 15) is 15.0 Å². The van der Waals surface area contributed by atoms with Crippen LogP contribution >= 0.6 is 24.0 Å². The first-order valence-electron chi connectivity index (χ1n) is 13.7. The largest absolute Gasteiger partial charge is 0.508 e. The van der Waals surface area contributed by atoms with E-state index in [-0.39, 0.29) is 41.7 Å². The van der Waals surface area contributed by atoms with Gasteiger partial charge in [0, 0.05) is 35.4 Å². The van der Waals surface area contributed by atoms with E-state index in [1.54, 1.807) is 31.4 Å². The molecule has 1 aliphatic heterocycles. The molecule has 0 radical (unpaired) electrons.